The number of aliphatic carboxylic acids is 1. The molecule has 0 fully saturated rings. The summed E-state index contributed by atoms with van der Waals surface area (Å²) in [5.74, 6) is -1.64. The Hall–Kier alpha value is -0.580. The number of halogens is 1. The van der Waals surface area contributed by atoms with Crippen molar-refractivity contribution < 1.29 is 19.4 Å². The molecule has 0 aliphatic rings. The van der Waals surface area contributed by atoms with Crippen molar-refractivity contribution in [3.63, 3.8) is 0 Å². The number of rotatable bonds is 4. The molecule has 0 atom stereocenters. The maximum atomic E-state index is 10.4. The van der Waals surface area contributed by atoms with Crippen molar-refractivity contribution in [2.24, 2.45) is 0 Å². The third kappa shape index (κ3) is 5.55. The lowest BCUT2D eigenvalue weighted by atomic mass is 10.5. The van der Waals surface area contributed by atoms with E-state index in [1.54, 1.807) is 0 Å². The van der Waals surface area contributed by atoms with Crippen molar-refractivity contribution in [1.29, 1.82) is 0 Å². The molecular formula is C5H7BrO4. The molecule has 0 amide bonds. The van der Waals surface area contributed by atoms with Crippen LogP contribution in [-0.2, 0) is 14.3 Å². The van der Waals surface area contributed by atoms with E-state index in [1.807, 2.05) is 0 Å². The van der Waals surface area contributed by atoms with E-state index in [1.165, 1.54) is 0 Å². The first-order valence-corrected chi connectivity index (χ1v) is 3.72. The number of esters is 1. The van der Waals surface area contributed by atoms with Crippen molar-refractivity contribution in [2.45, 2.75) is 6.42 Å². The van der Waals surface area contributed by atoms with Crippen LogP contribution in [-0.4, -0.2) is 29.0 Å². The molecule has 0 rings (SSSR count). The quantitative estimate of drug-likeness (QED) is 0.539. The van der Waals surface area contributed by atoms with E-state index >= 15 is 0 Å². The van der Waals surface area contributed by atoms with Gasteiger partial charge in [-0.15, -0.1) is 0 Å². The van der Waals surface area contributed by atoms with Gasteiger partial charge in [0, 0.05) is 5.33 Å². The first kappa shape index (κ1) is 9.42. The maximum Gasteiger partial charge on any atom is 0.341 e. The highest BCUT2D eigenvalue weighted by atomic mass is 79.9. The molecule has 0 aromatic rings. The van der Waals surface area contributed by atoms with Crippen LogP contribution in [0, 0.1) is 0 Å². The second-order valence-electron chi connectivity index (χ2n) is 1.49. The van der Waals surface area contributed by atoms with Gasteiger partial charge in [-0.3, -0.25) is 4.79 Å². The normalized spacial score (nSPS) is 8.90. The minimum Gasteiger partial charge on any atom is -0.479 e. The summed E-state index contributed by atoms with van der Waals surface area (Å²) < 4.78 is 4.28. The molecule has 0 aliphatic heterocycles. The van der Waals surface area contributed by atoms with Crippen LogP contribution in [0.5, 0.6) is 0 Å². The van der Waals surface area contributed by atoms with Gasteiger partial charge < -0.3 is 9.84 Å². The van der Waals surface area contributed by atoms with E-state index < -0.39 is 18.5 Å². The second kappa shape index (κ2) is 5.22. The molecule has 4 nitrogen and oxygen atoms in total. The number of ether oxygens (including phenoxy) is 1. The summed E-state index contributed by atoms with van der Waals surface area (Å²) in [7, 11) is 0. The Morgan fingerprint density at radius 2 is 2.10 bits per heavy atom. The topological polar surface area (TPSA) is 63.6 Å². The summed E-state index contributed by atoms with van der Waals surface area (Å²) >= 11 is 3.01. The van der Waals surface area contributed by atoms with Crippen molar-refractivity contribution >= 4 is 27.9 Å². The number of alkyl halides is 1. The van der Waals surface area contributed by atoms with Crippen LogP contribution >= 0.6 is 15.9 Å². The molecule has 0 radical (unpaired) electrons. The lowest BCUT2D eigenvalue weighted by Gasteiger charge is -1.97. The number of hydrogen-bond donors (Lipinski definition) is 1. The van der Waals surface area contributed by atoms with E-state index in [-0.39, 0.29) is 6.42 Å². The molecule has 0 heterocycles. The molecule has 0 spiro atoms. The zero-order valence-corrected chi connectivity index (χ0v) is 6.76. The average Bonchev–Trinajstić information content (AvgIpc) is 1.85. The van der Waals surface area contributed by atoms with Gasteiger partial charge in [0.15, 0.2) is 6.61 Å². The molecule has 58 valence electrons. The van der Waals surface area contributed by atoms with Crippen LogP contribution in [0.1, 0.15) is 6.42 Å². The third-order valence-corrected chi connectivity index (χ3v) is 1.05. The molecule has 5 heteroatoms. The van der Waals surface area contributed by atoms with Gasteiger partial charge in [0.25, 0.3) is 0 Å². The molecule has 0 saturated carbocycles. The molecule has 0 saturated heterocycles. The molecule has 0 aromatic heterocycles. The summed E-state index contributed by atoms with van der Waals surface area (Å²) in [5.41, 5.74) is 0. The van der Waals surface area contributed by atoms with Crippen molar-refractivity contribution in [1.82, 2.24) is 0 Å². The van der Waals surface area contributed by atoms with Crippen LogP contribution in [0.4, 0.5) is 0 Å². The van der Waals surface area contributed by atoms with Gasteiger partial charge in [0.2, 0.25) is 0 Å². The Morgan fingerprint density at radius 3 is 2.50 bits per heavy atom. The minimum atomic E-state index is -1.14. The van der Waals surface area contributed by atoms with Gasteiger partial charge in [0.1, 0.15) is 0 Å². The SMILES string of the molecule is O=C(O)COC(=O)CCBr. The Morgan fingerprint density at radius 1 is 1.50 bits per heavy atom. The van der Waals surface area contributed by atoms with Gasteiger partial charge in [-0.05, 0) is 0 Å². The molecule has 10 heavy (non-hydrogen) atoms. The van der Waals surface area contributed by atoms with Crippen molar-refractivity contribution in [2.75, 3.05) is 11.9 Å². The number of carbonyl (C=O) groups excluding carboxylic acids is 1. The number of carboxylic acid groups (broad SMARTS) is 1. The summed E-state index contributed by atoms with van der Waals surface area (Å²) in [6.45, 7) is -0.550. The first-order chi connectivity index (χ1) is 4.66. The van der Waals surface area contributed by atoms with Crippen LogP contribution in [0.3, 0.4) is 0 Å². The molecule has 0 bridgehead atoms. The highest BCUT2D eigenvalue weighted by Crippen LogP contribution is 1.90. The zero-order chi connectivity index (χ0) is 7.98. The molecule has 0 unspecified atom stereocenters. The van der Waals surface area contributed by atoms with Crippen LogP contribution in [0.25, 0.3) is 0 Å². The lowest BCUT2D eigenvalue weighted by molar-refractivity contribution is -0.154. The van der Waals surface area contributed by atoms with E-state index in [4.69, 9.17) is 5.11 Å². The van der Waals surface area contributed by atoms with E-state index in [9.17, 15) is 9.59 Å². The van der Waals surface area contributed by atoms with Gasteiger partial charge in [-0.1, -0.05) is 15.9 Å². The molecule has 0 aliphatic carbocycles. The van der Waals surface area contributed by atoms with Crippen molar-refractivity contribution in [3.05, 3.63) is 0 Å². The average molecular weight is 211 g/mol. The fourth-order valence-electron chi connectivity index (χ4n) is 0.292. The highest BCUT2D eigenvalue weighted by Gasteiger charge is 2.03. The predicted octanol–water partition coefficient (Wildman–Crippen LogP) is 0.399. The minimum absolute atomic E-state index is 0.202. The van der Waals surface area contributed by atoms with Gasteiger partial charge in [0.05, 0.1) is 6.42 Å². The van der Waals surface area contributed by atoms with E-state index in [0.29, 0.717) is 5.33 Å². The van der Waals surface area contributed by atoms with Crippen LogP contribution in [0.15, 0.2) is 0 Å². The number of hydrogen-bond acceptors (Lipinski definition) is 3. The fraction of sp³-hybridized carbons (Fsp3) is 0.600. The van der Waals surface area contributed by atoms with Crippen LogP contribution < -0.4 is 0 Å². The van der Waals surface area contributed by atoms with Gasteiger partial charge >= 0.3 is 11.9 Å². The molecule has 1 N–H and O–H groups in total. The van der Waals surface area contributed by atoms with E-state index in [0.717, 1.165) is 0 Å². The Labute approximate surface area is 66.3 Å². The zero-order valence-electron chi connectivity index (χ0n) is 5.17. The summed E-state index contributed by atoms with van der Waals surface area (Å²) in [5, 5.41) is 8.53. The second-order valence-corrected chi connectivity index (χ2v) is 2.29. The predicted molar refractivity (Wildman–Crippen MR) is 37.0 cm³/mol. The number of carbonyl (C=O) groups is 2. The Kier molecular flexibility index (Phi) is 4.92. The molecular weight excluding hydrogens is 204 g/mol. The standard InChI is InChI=1S/C5H7BrO4/c6-2-1-5(9)10-3-4(7)8/h1-3H2,(H,7,8). The molecule has 0 aromatic carbocycles. The largest absolute Gasteiger partial charge is 0.479 e. The van der Waals surface area contributed by atoms with Crippen LogP contribution in [0.2, 0.25) is 0 Å². The summed E-state index contributed by atoms with van der Waals surface area (Å²) in [6.07, 6.45) is 0.202. The fourth-order valence-corrected chi connectivity index (χ4v) is 0.615. The lowest BCUT2D eigenvalue weighted by Crippen LogP contribution is -2.12. The first-order valence-electron chi connectivity index (χ1n) is 2.60. The van der Waals surface area contributed by atoms with E-state index in [2.05, 4.69) is 20.7 Å². The number of carboxylic acids is 1. The summed E-state index contributed by atoms with van der Waals surface area (Å²) in [4.78, 5) is 20.3. The maximum absolute atomic E-state index is 10.4. The third-order valence-electron chi connectivity index (χ3n) is 0.655. The summed E-state index contributed by atoms with van der Waals surface area (Å²) in [6, 6.07) is 0. The highest BCUT2D eigenvalue weighted by molar-refractivity contribution is 9.09. The Bertz CT molecular complexity index is 134. The Balaban J connectivity index is 3.30. The van der Waals surface area contributed by atoms with Crippen molar-refractivity contribution in [3.8, 4) is 0 Å². The monoisotopic (exact) mass is 210 g/mol. The van der Waals surface area contributed by atoms with Gasteiger partial charge in [-0.25, -0.2) is 4.79 Å². The van der Waals surface area contributed by atoms with Gasteiger partial charge in [-0.2, -0.15) is 0 Å². The smallest absolute Gasteiger partial charge is 0.341 e.